The minimum atomic E-state index is -1.77. The lowest BCUT2D eigenvalue weighted by Gasteiger charge is -2.11. The molecule has 2 aromatic carbocycles. The third-order valence-corrected chi connectivity index (χ3v) is 6.69. The van der Waals surface area contributed by atoms with Gasteiger partial charge in [0, 0.05) is 36.4 Å². The van der Waals surface area contributed by atoms with Crippen molar-refractivity contribution in [3.05, 3.63) is 94.4 Å². The molecule has 0 bridgehead atoms. The van der Waals surface area contributed by atoms with Crippen LogP contribution in [0.3, 0.4) is 0 Å². The number of pyridine rings is 1. The SMILES string of the molecule is CC.CCNC(=O)c1cnc(NS(=O)c2ccc(C(=O)Nc3ccc(Cl)c(-c4ccccn4)c3)c(Cl)c2)nc1. The Bertz CT molecular complexity index is 1470. The Balaban J connectivity index is 0.00000205. The molecule has 4 aromatic rings. The molecule has 39 heavy (non-hydrogen) atoms. The second-order valence-electron chi connectivity index (χ2n) is 7.53. The van der Waals surface area contributed by atoms with E-state index in [0.29, 0.717) is 33.4 Å². The highest BCUT2D eigenvalue weighted by atomic mass is 35.5. The van der Waals surface area contributed by atoms with Gasteiger partial charge in [-0.15, -0.1) is 0 Å². The first-order chi connectivity index (χ1) is 18.9. The van der Waals surface area contributed by atoms with Gasteiger partial charge in [-0.3, -0.25) is 19.3 Å². The fourth-order valence-electron chi connectivity index (χ4n) is 3.22. The summed E-state index contributed by atoms with van der Waals surface area (Å²) in [4.78, 5) is 37.3. The molecule has 1 atom stereocenters. The van der Waals surface area contributed by atoms with Crippen LogP contribution in [-0.4, -0.2) is 37.5 Å². The number of rotatable bonds is 8. The Hall–Kier alpha value is -3.86. The monoisotopic (exact) mass is 584 g/mol. The molecule has 1 unspecified atom stereocenters. The van der Waals surface area contributed by atoms with Gasteiger partial charge in [-0.1, -0.05) is 43.1 Å². The molecule has 0 aliphatic rings. The summed E-state index contributed by atoms with van der Waals surface area (Å²) >= 11 is 12.7. The summed E-state index contributed by atoms with van der Waals surface area (Å²) in [6, 6.07) is 14.9. The van der Waals surface area contributed by atoms with E-state index in [1.165, 1.54) is 30.6 Å². The second-order valence-corrected chi connectivity index (χ2v) is 9.56. The summed E-state index contributed by atoms with van der Waals surface area (Å²) in [7, 11) is -1.77. The summed E-state index contributed by atoms with van der Waals surface area (Å²) in [5.41, 5.74) is 2.32. The maximum Gasteiger partial charge on any atom is 0.257 e. The lowest BCUT2D eigenvalue weighted by Crippen LogP contribution is -2.23. The molecule has 0 fully saturated rings. The Labute approximate surface area is 239 Å². The van der Waals surface area contributed by atoms with Crippen LogP contribution in [0.15, 0.2) is 78.1 Å². The first kappa shape index (κ1) is 29.7. The van der Waals surface area contributed by atoms with E-state index in [2.05, 4.69) is 30.3 Å². The van der Waals surface area contributed by atoms with Gasteiger partial charge >= 0.3 is 0 Å². The van der Waals surface area contributed by atoms with Gasteiger partial charge in [-0.2, -0.15) is 0 Å². The van der Waals surface area contributed by atoms with Crippen LogP contribution in [0.25, 0.3) is 11.3 Å². The van der Waals surface area contributed by atoms with Crippen LogP contribution in [0.1, 0.15) is 41.5 Å². The molecular weight excluding hydrogens is 559 g/mol. The smallest absolute Gasteiger partial charge is 0.257 e. The second kappa shape index (κ2) is 14.3. The maximum absolute atomic E-state index is 12.9. The molecule has 0 aliphatic heterocycles. The third kappa shape index (κ3) is 7.82. The molecule has 3 N–H and O–H groups in total. The van der Waals surface area contributed by atoms with Crippen molar-refractivity contribution in [1.29, 1.82) is 0 Å². The van der Waals surface area contributed by atoms with Crippen LogP contribution in [0.4, 0.5) is 11.6 Å². The predicted molar refractivity (Wildman–Crippen MR) is 156 cm³/mol. The topological polar surface area (TPSA) is 126 Å². The number of benzene rings is 2. The number of aromatic nitrogens is 3. The fourth-order valence-corrected chi connectivity index (χ4v) is 4.57. The molecule has 0 saturated carbocycles. The maximum atomic E-state index is 12.9. The van der Waals surface area contributed by atoms with Crippen molar-refractivity contribution in [2.24, 2.45) is 0 Å². The van der Waals surface area contributed by atoms with E-state index >= 15 is 0 Å². The van der Waals surface area contributed by atoms with Crippen molar-refractivity contribution in [2.75, 3.05) is 16.6 Å². The van der Waals surface area contributed by atoms with E-state index in [4.69, 9.17) is 23.2 Å². The minimum absolute atomic E-state index is 0.0655. The van der Waals surface area contributed by atoms with Gasteiger partial charge in [0.25, 0.3) is 11.8 Å². The minimum Gasteiger partial charge on any atom is -0.352 e. The molecule has 2 amide bonds. The van der Waals surface area contributed by atoms with Gasteiger partial charge in [0.05, 0.1) is 31.8 Å². The van der Waals surface area contributed by atoms with Crippen molar-refractivity contribution >= 4 is 57.6 Å². The quantitative estimate of drug-likeness (QED) is 0.233. The third-order valence-electron chi connectivity index (χ3n) is 5.00. The molecule has 9 nitrogen and oxygen atoms in total. The van der Waals surface area contributed by atoms with Gasteiger partial charge in [0.1, 0.15) is 0 Å². The van der Waals surface area contributed by atoms with Crippen molar-refractivity contribution < 1.29 is 13.8 Å². The standard InChI is InChI=1S/C25H20Cl2N6O3S.C2H6/c1-2-28-23(34)15-13-30-25(31-14-15)33-37(36)17-7-8-18(21(27)12-17)24(35)32-16-6-9-20(26)19(11-16)22-5-3-4-10-29-22;1-2/h3-14H,2H2,1H3,(H,28,34)(H,32,35)(H,30,31,33);1-2H3. The largest absolute Gasteiger partial charge is 0.352 e. The number of anilines is 2. The molecule has 12 heteroatoms. The molecule has 0 radical (unpaired) electrons. The summed E-state index contributed by atoms with van der Waals surface area (Å²) in [5.74, 6) is -0.688. The lowest BCUT2D eigenvalue weighted by atomic mass is 10.1. The van der Waals surface area contributed by atoms with Crippen LogP contribution in [0.5, 0.6) is 0 Å². The molecule has 4 rings (SSSR count). The van der Waals surface area contributed by atoms with E-state index in [9.17, 15) is 13.8 Å². The first-order valence-electron chi connectivity index (χ1n) is 12.0. The number of carbonyl (C=O) groups is 2. The van der Waals surface area contributed by atoms with Gasteiger partial charge < -0.3 is 10.6 Å². The summed E-state index contributed by atoms with van der Waals surface area (Å²) in [6.45, 7) is 6.28. The van der Waals surface area contributed by atoms with E-state index in [1.54, 1.807) is 37.4 Å². The number of halogens is 2. The molecule has 0 saturated heterocycles. The van der Waals surface area contributed by atoms with Crippen molar-refractivity contribution in [3.8, 4) is 11.3 Å². The highest BCUT2D eigenvalue weighted by molar-refractivity contribution is 7.86. The first-order valence-corrected chi connectivity index (χ1v) is 13.9. The fraction of sp³-hybridized carbons (Fsp3) is 0.148. The number of nitrogens with one attached hydrogen (secondary N) is 3. The molecule has 2 aromatic heterocycles. The van der Waals surface area contributed by atoms with E-state index in [-0.39, 0.29) is 28.0 Å². The van der Waals surface area contributed by atoms with Crippen molar-refractivity contribution in [1.82, 2.24) is 20.3 Å². The summed E-state index contributed by atoms with van der Waals surface area (Å²) in [5, 5.41) is 6.04. The van der Waals surface area contributed by atoms with Crippen molar-refractivity contribution in [3.63, 3.8) is 0 Å². The van der Waals surface area contributed by atoms with Crippen LogP contribution in [0.2, 0.25) is 10.0 Å². The van der Waals surface area contributed by atoms with E-state index in [1.807, 2.05) is 26.0 Å². The van der Waals surface area contributed by atoms with Gasteiger partial charge in [0.2, 0.25) is 5.95 Å². The van der Waals surface area contributed by atoms with Gasteiger partial charge in [-0.05, 0) is 55.5 Å². The lowest BCUT2D eigenvalue weighted by molar-refractivity contribution is 0.0954. The Morgan fingerprint density at radius 2 is 1.64 bits per heavy atom. The summed E-state index contributed by atoms with van der Waals surface area (Å²) < 4.78 is 15.4. The van der Waals surface area contributed by atoms with Crippen LogP contribution in [-0.2, 0) is 11.0 Å². The average Bonchev–Trinajstić information content (AvgIpc) is 2.96. The van der Waals surface area contributed by atoms with Crippen LogP contribution < -0.4 is 15.4 Å². The zero-order chi connectivity index (χ0) is 28.4. The molecule has 202 valence electrons. The molecule has 0 aliphatic carbocycles. The Kier molecular flexibility index (Phi) is 10.9. The molecule has 2 heterocycles. The number of carbonyl (C=O) groups excluding carboxylic acids is 2. The van der Waals surface area contributed by atoms with Gasteiger partial charge in [-0.25, -0.2) is 14.2 Å². The number of amides is 2. The zero-order valence-electron chi connectivity index (χ0n) is 21.4. The Morgan fingerprint density at radius 1 is 0.897 bits per heavy atom. The molecule has 0 spiro atoms. The molecular formula is C27H26Cl2N6O3S. The van der Waals surface area contributed by atoms with Crippen LogP contribution >= 0.6 is 23.2 Å². The average molecular weight is 586 g/mol. The highest BCUT2D eigenvalue weighted by Gasteiger charge is 2.16. The highest BCUT2D eigenvalue weighted by Crippen LogP contribution is 2.30. The summed E-state index contributed by atoms with van der Waals surface area (Å²) in [6.07, 6.45) is 4.31. The number of hydrogen-bond acceptors (Lipinski definition) is 6. The van der Waals surface area contributed by atoms with Crippen LogP contribution in [0, 0.1) is 0 Å². The number of hydrogen-bond donors (Lipinski definition) is 3. The van der Waals surface area contributed by atoms with E-state index < -0.39 is 16.9 Å². The van der Waals surface area contributed by atoms with E-state index in [0.717, 1.165) is 0 Å². The predicted octanol–water partition coefficient (Wildman–Crippen LogP) is 6.01. The number of nitrogens with zero attached hydrogens (tertiary/aromatic N) is 3. The van der Waals surface area contributed by atoms with Gasteiger partial charge in [0.15, 0.2) is 11.0 Å². The zero-order valence-corrected chi connectivity index (χ0v) is 23.7. The normalized spacial score (nSPS) is 11.0. The Morgan fingerprint density at radius 3 is 2.28 bits per heavy atom. The van der Waals surface area contributed by atoms with Crippen molar-refractivity contribution in [2.45, 2.75) is 25.7 Å².